The molecule has 34 heavy (non-hydrogen) atoms. The first-order valence-corrected chi connectivity index (χ1v) is 11.2. The van der Waals surface area contributed by atoms with E-state index < -0.39 is 5.97 Å². The molecule has 7 heteroatoms. The van der Waals surface area contributed by atoms with Crippen LogP contribution in [0.25, 0.3) is 0 Å². The Kier molecular flexibility index (Phi) is 8.08. The van der Waals surface area contributed by atoms with Crippen molar-refractivity contribution in [3.8, 4) is 11.5 Å². The molecule has 176 valence electrons. The first-order valence-electron chi connectivity index (χ1n) is 10.9. The summed E-state index contributed by atoms with van der Waals surface area (Å²) in [6.45, 7) is 8.57. The number of halogens is 1. The lowest BCUT2D eigenvalue weighted by Crippen LogP contribution is -2.18. The molecule has 6 nitrogen and oxygen atoms in total. The molecule has 1 amide bonds. The van der Waals surface area contributed by atoms with E-state index >= 15 is 0 Å². The van der Waals surface area contributed by atoms with Crippen molar-refractivity contribution in [2.24, 2.45) is 5.10 Å². The first-order chi connectivity index (χ1) is 16.2. The van der Waals surface area contributed by atoms with Gasteiger partial charge in [-0.25, -0.2) is 10.2 Å². The van der Waals surface area contributed by atoms with E-state index in [2.05, 4.69) is 31.3 Å². The van der Waals surface area contributed by atoms with Crippen molar-refractivity contribution in [2.45, 2.75) is 33.1 Å². The minimum atomic E-state index is -0.524. The summed E-state index contributed by atoms with van der Waals surface area (Å²) in [5, 5.41) is 4.57. The SMILES string of the molecule is CCOc1cc(/C=N/NC(=O)c2ccc(C(C)(C)C)cc2)ccc1OC(=O)c1ccc(Cl)cc1. The third-order valence-electron chi connectivity index (χ3n) is 4.94. The molecule has 0 aliphatic rings. The smallest absolute Gasteiger partial charge is 0.343 e. The highest BCUT2D eigenvalue weighted by atomic mass is 35.5. The van der Waals surface area contributed by atoms with Gasteiger partial charge in [-0.05, 0) is 78.1 Å². The predicted octanol–water partition coefficient (Wildman–Crippen LogP) is 6.02. The van der Waals surface area contributed by atoms with Crippen LogP contribution < -0.4 is 14.9 Å². The van der Waals surface area contributed by atoms with Crippen molar-refractivity contribution >= 4 is 29.7 Å². The van der Waals surface area contributed by atoms with E-state index in [9.17, 15) is 9.59 Å². The normalized spacial score (nSPS) is 11.3. The molecule has 0 fully saturated rings. The molecule has 3 aromatic rings. The van der Waals surface area contributed by atoms with E-state index in [1.165, 1.54) is 6.21 Å². The van der Waals surface area contributed by atoms with Gasteiger partial charge in [-0.1, -0.05) is 44.5 Å². The molecule has 0 saturated heterocycles. The lowest BCUT2D eigenvalue weighted by Gasteiger charge is -2.18. The lowest BCUT2D eigenvalue weighted by atomic mass is 9.87. The number of carbonyl (C=O) groups excluding carboxylic acids is 2. The summed E-state index contributed by atoms with van der Waals surface area (Å²) in [6.07, 6.45) is 1.49. The highest BCUT2D eigenvalue weighted by molar-refractivity contribution is 6.30. The molecule has 0 spiro atoms. The second kappa shape index (κ2) is 11.0. The van der Waals surface area contributed by atoms with Crippen molar-refractivity contribution in [1.29, 1.82) is 0 Å². The third kappa shape index (κ3) is 6.68. The Hall–Kier alpha value is -3.64. The van der Waals surface area contributed by atoms with Gasteiger partial charge < -0.3 is 9.47 Å². The van der Waals surface area contributed by atoms with Crippen LogP contribution in [-0.2, 0) is 5.41 Å². The summed E-state index contributed by atoms with van der Waals surface area (Å²) in [5.74, 6) is -0.168. The number of hydrogen-bond donors (Lipinski definition) is 1. The Morgan fingerprint density at radius 2 is 1.59 bits per heavy atom. The molecule has 0 aliphatic heterocycles. The van der Waals surface area contributed by atoms with Gasteiger partial charge in [0.15, 0.2) is 11.5 Å². The minimum Gasteiger partial charge on any atom is -0.490 e. The zero-order valence-electron chi connectivity index (χ0n) is 19.6. The standard InChI is InChI=1S/C27H27ClN2O4/c1-5-33-24-16-18(6-15-23(24)34-26(32)20-9-13-22(28)14-10-20)17-29-30-25(31)19-7-11-21(12-8-19)27(2,3)4/h6-17H,5H2,1-4H3,(H,30,31)/b29-17+. The Balaban J connectivity index is 1.67. The highest BCUT2D eigenvalue weighted by Gasteiger charge is 2.15. The van der Waals surface area contributed by atoms with Crippen molar-refractivity contribution in [3.63, 3.8) is 0 Å². The van der Waals surface area contributed by atoms with E-state index in [4.69, 9.17) is 21.1 Å². The van der Waals surface area contributed by atoms with Crippen LogP contribution in [0.1, 0.15) is 59.5 Å². The van der Waals surface area contributed by atoms with E-state index in [1.807, 2.05) is 19.1 Å². The zero-order chi connectivity index (χ0) is 24.7. The van der Waals surface area contributed by atoms with E-state index in [-0.39, 0.29) is 17.1 Å². The van der Waals surface area contributed by atoms with Gasteiger partial charge in [-0.3, -0.25) is 4.79 Å². The number of esters is 1. The monoisotopic (exact) mass is 478 g/mol. The van der Waals surface area contributed by atoms with Crippen LogP contribution in [0.3, 0.4) is 0 Å². The van der Waals surface area contributed by atoms with Gasteiger partial charge in [-0.2, -0.15) is 5.10 Å². The van der Waals surface area contributed by atoms with Crippen LogP contribution in [0.15, 0.2) is 71.8 Å². The number of nitrogens with one attached hydrogen (secondary N) is 1. The van der Waals surface area contributed by atoms with Gasteiger partial charge in [-0.15, -0.1) is 0 Å². The molecule has 0 radical (unpaired) electrons. The summed E-state index contributed by atoms with van der Waals surface area (Å²) < 4.78 is 11.1. The molecule has 0 bridgehead atoms. The number of hydrazone groups is 1. The first kappa shape index (κ1) is 25.0. The molecule has 0 aromatic heterocycles. The molecule has 1 N–H and O–H groups in total. The zero-order valence-corrected chi connectivity index (χ0v) is 20.3. The molecule has 0 atom stereocenters. The molecule has 0 unspecified atom stereocenters. The van der Waals surface area contributed by atoms with Gasteiger partial charge in [0.1, 0.15) is 0 Å². The van der Waals surface area contributed by atoms with E-state index in [0.717, 1.165) is 5.56 Å². The molecule has 0 saturated carbocycles. The quantitative estimate of drug-likeness (QED) is 0.195. The summed E-state index contributed by atoms with van der Waals surface area (Å²) in [6, 6.07) is 18.9. The molecule has 0 aliphatic carbocycles. The second-order valence-corrected chi connectivity index (χ2v) is 9.00. The maximum atomic E-state index is 12.4. The van der Waals surface area contributed by atoms with Crippen molar-refractivity contribution in [2.75, 3.05) is 6.61 Å². The summed E-state index contributed by atoms with van der Waals surface area (Å²) in [4.78, 5) is 24.8. The second-order valence-electron chi connectivity index (χ2n) is 8.56. The summed E-state index contributed by atoms with van der Waals surface area (Å²) in [5.41, 5.74) is 5.24. The molecule has 3 rings (SSSR count). The third-order valence-corrected chi connectivity index (χ3v) is 5.19. The molecule has 0 heterocycles. The van der Waals surface area contributed by atoms with Crippen LogP contribution >= 0.6 is 11.6 Å². The van der Waals surface area contributed by atoms with Crippen LogP contribution in [0.5, 0.6) is 11.5 Å². The van der Waals surface area contributed by atoms with Gasteiger partial charge in [0.25, 0.3) is 5.91 Å². The van der Waals surface area contributed by atoms with E-state index in [0.29, 0.717) is 34.1 Å². The van der Waals surface area contributed by atoms with Gasteiger partial charge in [0.2, 0.25) is 0 Å². The number of ether oxygens (including phenoxy) is 2. The molecular weight excluding hydrogens is 452 g/mol. The fraction of sp³-hybridized carbons (Fsp3) is 0.222. The van der Waals surface area contributed by atoms with E-state index in [1.54, 1.807) is 54.6 Å². The van der Waals surface area contributed by atoms with Crippen molar-refractivity contribution in [3.05, 3.63) is 94.0 Å². The topological polar surface area (TPSA) is 77.0 Å². The van der Waals surface area contributed by atoms with Crippen LogP contribution in [0.2, 0.25) is 5.02 Å². The minimum absolute atomic E-state index is 0.0146. The largest absolute Gasteiger partial charge is 0.490 e. The fourth-order valence-corrected chi connectivity index (χ4v) is 3.18. The van der Waals surface area contributed by atoms with Gasteiger partial charge in [0, 0.05) is 10.6 Å². The van der Waals surface area contributed by atoms with Crippen molar-refractivity contribution < 1.29 is 19.1 Å². The average molecular weight is 479 g/mol. The predicted molar refractivity (Wildman–Crippen MR) is 134 cm³/mol. The summed E-state index contributed by atoms with van der Waals surface area (Å²) >= 11 is 5.87. The Labute approximate surface area is 204 Å². The molecular formula is C27H27ClN2O4. The lowest BCUT2D eigenvalue weighted by molar-refractivity contribution is 0.0728. The van der Waals surface area contributed by atoms with Gasteiger partial charge in [0.05, 0.1) is 18.4 Å². The van der Waals surface area contributed by atoms with Crippen LogP contribution in [0.4, 0.5) is 0 Å². The number of amides is 1. The maximum Gasteiger partial charge on any atom is 0.343 e. The number of hydrogen-bond acceptors (Lipinski definition) is 5. The molecule has 3 aromatic carbocycles. The number of rotatable bonds is 7. The Morgan fingerprint density at radius 3 is 2.21 bits per heavy atom. The summed E-state index contributed by atoms with van der Waals surface area (Å²) in [7, 11) is 0. The highest BCUT2D eigenvalue weighted by Crippen LogP contribution is 2.29. The van der Waals surface area contributed by atoms with Crippen LogP contribution in [0, 0.1) is 0 Å². The number of benzene rings is 3. The number of carbonyl (C=O) groups is 2. The maximum absolute atomic E-state index is 12.4. The van der Waals surface area contributed by atoms with Gasteiger partial charge >= 0.3 is 5.97 Å². The average Bonchev–Trinajstić information content (AvgIpc) is 2.80. The number of nitrogens with zero attached hydrogens (tertiary/aromatic N) is 1. The Bertz CT molecular complexity index is 1180. The fourth-order valence-electron chi connectivity index (χ4n) is 3.05. The van der Waals surface area contributed by atoms with Crippen molar-refractivity contribution in [1.82, 2.24) is 5.43 Å². The van der Waals surface area contributed by atoms with Crippen LogP contribution in [-0.4, -0.2) is 24.7 Å². The Morgan fingerprint density at radius 1 is 0.941 bits per heavy atom.